The van der Waals surface area contributed by atoms with Gasteiger partial charge in [-0.3, -0.25) is 9.48 Å². The van der Waals surface area contributed by atoms with Crippen molar-refractivity contribution in [2.75, 3.05) is 0 Å². The molecule has 0 bridgehead atoms. The van der Waals surface area contributed by atoms with Gasteiger partial charge in [-0.1, -0.05) is 6.07 Å². The van der Waals surface area contributed by atoms with Crippen molar-refractivity contribution in [1.82, 2.24) is 24.5 Å². The maximum absolute atomic E-state index is 12.3. The molecular weight excluding hydrogens is 290 g/mol. The van der Waals surface area contributed by atoms with Crippen LogP contribution in [0.3, 0.4) is 0 Å². The molecule has 0 radical (unpaired) electrons. The molecule has 0 unspecified atom stereocenters. The first-order valence-corrected chi connectivity index (χ1v) is 7.67. The van der Waals surface area contributed by atoms with E-state index >= 15 is 0 Å². The van der Waals surface area contributed by atoms with E-state index in [2.05, 4.69) is 15.4 Å². The van der Waals surface area contributed by atoms with Crippen molar-refractivity contribution in [3.8, 4) is 0 Å². The summed E-state index contributed by atoms with van der Waals surface area (Å²) in [6, 6.07) is 5.72. The molecule has 6 heteroatoms. The van der Waals surface area contributed by atoms with Crippen LogP contribution < -0.4 is 5.32 Å². The first kappa shape index (κ1) is 15.3. The zero-order valence-corrected chi connectivity index (χ0v) is 13.9. The van der Waals surface area contributed by atoms with Gasteiger partial charge in [-0.15, -0.1) is 0 Å². The second-order valence-corrected chi connectivity index (χ2v) is 5.87. The Morgan fingerprint density at radius 2 is 2.13 bits per heavy atom. The lowest BCUT2D eigenvalue weighted by Gasteiger charge is -2.14. The van der Waals surface area contributed by atoms with Crippen LogP contribution in [0, 0.1) is 13.8 Å². The van der Waals surface area contributed by atoms with Crippen LogP contribution in [0.4, 0.5) is 0 Å². The third kappa shape index (κ3) is 2.97. The Kier molecular flexibility index (Phi) is 3.90. The highest BCUT2D eigenvalue weighted by Gasteiger charge is 2.18. The first-order chi connectivity index (χ1) is 11.0. The maximum Gasteiger partial charge on any atom is 0.226 e. The Labute approximate surface area is 135 Å². The van der Waals surface area contributed by atoms with Gasteiger partial charge in [0.2, 0.25) is 5.91 Å². The average molecular weight is 311 g/mol. The fourth-order valence-electron chi connectivity index (χ4n) is 3.02. The molecule has 0 aliphatic heterocycles. The number of hydrogen-bond donors (Lipinski definition) is 1. The number of carbonyl (C=O) groups excluding carboxylic acids is 1. The molecule has 1 atom stereocenters. The van der Waals surface area contributed by atoms with Crippen molar-refractivity contribution in [1.29, 1.82) is 0 Å². The van der Waals surface area contributed by atoms with Gasteiger partial charge in [0.25, 0.3) is 0 Å². The topological polar surface area (TPSA) is 64.2 Å². The standard InChI is InChI=1S/C17H21N5O/c1-11(17-12(2)20-21(4)13(17)3)18-16(23)9-14-10-22-8-6-5-7-15(22)19-14/h5-8,10-11H,9H2,1-4H3,(H,18,23)/t11-/m0/s1. The Balaban J connectivity index is 1.71. The summed E-state index contributed by atoms with van der Waals surface area (Å²) in [5, 5.41) is 7.44. The molecule has 1 amide bonds. The summed E-state index contributed by atoms with van der Waals surface area (Å²) in [7, 11) is 1.91. The third-order valence-corrected chi connectivity index (χ3v) is 4.13. The zero-order chi connectivity index (χ0) is 16.6. The first-order valence-electron chi connectivity index (χ1n) is 7.67. The number of imidazole rings is 1. The number of hydrogen-bond acceptors (Lipinski definition) is 3. The molecule has 3 heterocycles. The maximum atomic E-state index is 12.3. The molecule has 0 aliphatic rings. The predicted molar refractivity (Wildman–Crippen MR) is 88.1 cm³/mol. The van der Waals surface area contributed by atoms with Crippen molar-refractivity contribution in [3.63, 3.8) is 0 Å². The van der Waals surface area contributed by atoms with Gasteiger partial charge in [-0.05, 0) is 32.9 Å². The van der Waals surface area contributed by atoms with Gasteiger partial charge in [0.15, 0.2) is 0 Å². The quantitative estimate of drug-likeness (QED) is 0.802. The predicted octanol–water partition coefficient (Wildman–Crippen LogP) is 2.10. The van der Waals surface area contributed by atoms with Gasteiger partial charge >= 0.3 is 0 Å². The van der Waals surface area contributed by atoms with E-state index < -0.39 is 0 Å². The van der Waals surface area contributed by atoms with E-state index in [1.807, 2.05) is 67.5 Å². The van der Waals surface area contributed by atoms with E-state index in [4.69, 9.17) is 0 Å². The number of nitrogens with zero attached hydrogens (tertiary/aromatic N) is 4. The Morgan fingerprint density at radius 3 is 2.78 bits per heavy atom. The van der Waals surface area contributed by atoms with Crippen LogP contribution in [0.25, 0.3) is 5.65 Å². The monoisotopic (exact) mass is 311 g/mol. The number of aromatic nitrogens is 4. The largest absolute Gasteiger partial charge is 0.349 e. The molecule has 0 aliphatic carbocycles. The number of nitrogens with one attached hydrogen (secondary N) is 1. The minimum absolute atomic E-state index is 0.0384. The molecule has 23 heavy (non-hydrogen) atoms. The summed E-state index contributed by atoms with van der Waals surface area (Å²) in [4.78, 5) is 16.8. The molecule has 120 valence electrons. The highest BCUT2D eigenvalue weighted by atomic mass is 16.1. The van der Waals surface area contributed by atoms with Crippen molar-refractivity contribution in [2.45, 2.75) is 33.2 Å². The van der Waals surface area contributed by atoms with E-state index in [1.165, 1.54) is 0 Å². The van der Waals surface area contributed by atoms with Gasteiger partial charge in [0.1, 0.15) is 5.65 Å². The highest BCUT2D eigenvalue weighted by Crippen LogP contribution is 2.20. The van der Waals surface area contributed by atoms with Crippen LogP contribution in [-0.2, 0) is 18.3 Å². The second kappa shape index (κ2) is 5.87. The molecule has 1 N–H and O–H groups in total. The van der Waals surface area contributed by atoms with E-state index in [1.54, 1.807) is 0 Å². The summed E-state index contributed by atoms with van der Waals surface area (Å²) in [5.74, 6) is -0.0384. The molecule has 0 fully saturated rings. The molecule has 0 spiro atoms. The number of aryl methyl sites for hydroxylation is 2. The number of rotatable bonds is 4. The lowest BCUT2D eigenvalue weighted by molar-refractivity contribution is -0.121. The van der Waals surface area contributed by atoms with Crippen LogP contribution in [0.2, 0.25) is 0 Å². The Morgan fingerprint density at radius 1 is 1.35 bits per heavy atom. The third-order valence-electron chi connectivity index (χ3n) is 4.13. The molecule has 3 rings (SSSR count). The summed E-state index contributed by atoms with van der Waals surface area (Å²) in [6.45, 7) is 5.96. The van der Waals surface area contributed by atoms with Crippen LogP contribution in [-0.4, -0.2) is 25.1 Å². The van der Waals surface area contributed by atoms with Crippen molar-refractivity contribution in [3.05, 3.63) is 53.2 Å². The lowest BCUT2D eigenvalue weighted by Crippen LogP contribution is -2.28. The van der Waals surface area contributed by atoms with Gasteiger partial charge in [0, 0.05) is 30.7 Å². The SMILES string of the molecule is Cc1nn(C)c(C)c1[C@H](C)NC(=O)Cc1cn2ccccc2n1. The summed E-state index contributed by atoms with van der Waals surface area (Å²) < 4.78 is 3.76. The Hall–Kier alpha value is -2.63. The Bertz CT molecular complexity index is 828. The molecular formula is C17H21N5O. The van der Waals surface area contributed by atoms with Crippen molar-refractivity contribution < 1.29 is 4.79 Å². The van der Waals surface area contributed by atoms with Crippen molar-refractivity contribution in [2.24, 2.45) is 7.05 Å². The molecule has 3 aromatic rings. The molecule has 0 saturated heterocycles. The normalized spacial score (nSPS) is 12.5. The second-order valence-electron chi connectivity index (χ2n) is 5.87. The van der Waals surface area contributed by atoms with Gasteiger partial charge < -0.3 is 9.72 Å². The number of pyridine rings is 1. The highest BCUT2D eigenvalue weighted by molar-refractivity contribution is 5.78. The number of fused-ring (bicyclic) bond motifs is 1. The zero-order valence-electron chi connectivity index (χ0n) is 13.9. The van der Waals surface area contributed by atoms with Crippen molar-refractivity contribution >= 4 is 11.6 Å². The van der Waals surface area contributed by atoms with E-state index in [9.17, 15) is 4.79 Å². The lowest BCUT2D eigenvalue weighted by atomic mass is 10.1. The van der Waals surface area contributed by atoms with E-state index in [0.29, 0.717) is 0 Å². The minimum Gasteiger partial charge on any atom is -0.349 e. The summed E-state index contributed by atoms with van der Waals surface area (Å²) >= 11 is 0. The number of carbonyl (C=O) groups is 1. The van der Waals surface area contributed by atoms with E-state index in [0.717, 1.165) is 28.3 Å². The van der Waals surface area contributed by atoms with Gasteiger partial charge in [-0.25, -0.2) is 4.98 Å². The van der Waals surface area contributed by atoms with Gasteiger partial charge in [0.05, 0.1) is 23.9 Å². The molecule has 0 saturated carbocycles. The molecule has 0 aromatic carbocycles. The minimum atomic E-state index is -0.0757. The van der Waals surface area contributed by atoms with Crippen LogP contribution in [0.1, 0.15) is 35.6 Å². The summed E-state index contributed by atoms with van der Waals surface area (Å²) in [6.07, 6.45) is 4.08. The fourth-order valence-corrected chi connectivity index (χ4v) is 3.02. The molecule has 6 nitrogen and oxygen atoms in total. The van der Waals surface area contributed by atoms with Crippen LogP contribution >= 0.6 is 0 Å². The molecule has 3 aromatic heterocycles. The number of amides is 1. The van der Waals surface area contributed by atoms with Crippen LogP contribution in [0.5, 0.6) is 0 Å². The average Bonchev–Trinajstić information content (AvgIpc) is 2.99. The smallest absolute Gasteiger partial charge is 0.226 e. The van der Waals surface area contributed by atoms with Gasteiger partial charge in [-0.2, -0.15) is 5.10 Å². The summed E-state index contributed by atoms with van der Waals surface area (Å²) in [5.41, 5.74) is 4.72. The van der Waals surface area contributed by atoms with E-state index in [-0.39, 0.29) is 18.4 Å². The fraction of sp³-hybridized carbons (Fsp3) is 0.353. The van der Waals surface area contributed by atoms with Crippen LogP contribution in [0.15, 0.2) is 30.6 Å².